The van der Waals surface area contributed by atoms with Gasteiger partial charge in [-0.2, -0.15) is 11.1 Å². The molecule has 4 aliphatic rings. The van der Waals surface area contributed by atoms with Crippen molar-refractivity contribution in [2.75, 3.05) is 0 Å². The summed E-state index contributed by atoms with van der Waals surface area (Å²) in [6.45, 7) is 0. The van der Waals surface area contributed by atoms with Crippen molar-refractivity contribution in [3.8, 4) is 0 Å². The SMILES string of the molecule is Clc1cc2cc3c1C([C-]=C3)c1cccc(c1)S2.Clc1cccc2c1C(c1ccccc1)[C-]=C2.[Cl-].[Cl-].[Zr+4]. The van der Waals surface area contributed by atoms with Crippen LogP contribution in [0, 0.1) is 12.2 Å². The molecule has 4 aromatic carbocycles. The Morgan fingerprint density at radius 3 is 2.00 bits per heavy atom. The molecule has 0 N–H and O–H groups in total. The molecule has 2 aliphatic carbocycles. The minimum absolute atomic E-state index is 0. The minimum atomic E-state index is 0. The van der Waals surface area contributed by atoms with Gasteiger partial charge in [0, 0.05) is 14.9 Å². The molecule has 0 radical (unpaired) electrons. The normalized spacial score (nSPS) is 16.7. The summed E-state index contributed by atoms with van der Waals surface area (Å²) in [5.41, 5.74) is 7.30. The Kier molecular flexibility index (Phi) is 10.2. The molecule has 0 nitrogen and oxygen atoms in total. The van der Waals surface area contributed by atoms with Crippen molar-refractivity contribution in [1.82, 2.24) is 0 Å². The fraction of sp³-hybridized carbons (Fsp3) is 0.0667. The number of allylic oxidation sites excluding steroid dienone is 2. The molecule has 2 aliphatic heterocycles. The second-order valence-corrected chi connectivity index (χ2v) is 10.2. The Morgan fingerprint density at radius 2 is 1.22 bits per heavy atom. The van der Waals surface area contributed by atoms with Crippen LogP contribution in [0.2, 0.25) is 10.0 Å². The third kappa shape index (κ3) is 5.61. The van der Waals surface area contributed by atoms with Crippen molar-refractivity contribution in [3.63, 3.8) is 0 Å². The standard InChI is InChI=1S/C15H8ClS.C15H10Cl.2ClH.Zr/c16-14-8-12-7-10-4-5-13(15(10)14)9-2-1-3-11(6-9)17-12;16-14-8-4-7-12-9-10-13(15(12)14)11-5-2-1-3-6-11;;;/h1-4,6-8,13H;1-9,13H;2*1H;/q2*-1;;;+4/p-2. The number of fused-ring (bicyclic) bond motifs is 2. The van der Waals surface area contributed by atoms with Crippen LogP contribution in [-0.4, -0.2) is 0 Å². The van der Waals surface area contributed by atoms with Gasteiger partial charge >= 0.3 is 26.2 Å². The first-order valence-corrected chi connectivity index (χ1v) is 12.4. The van der Waals surface area contributed by atoms with Gasteiger partial charge in [-0.05, 0) is 29.2 Å². The second kappa shape index (κ2) is 12.5. The summed E-state index contributed by atoms with van der Waals surface area (Å²) in [7, 11) is 0. The third-order valence-electron chi connectivity index (χ3n) is 6.17. The molecule has 0 amide bonds. The van der Waals surface area contributed by atoms with Crippen molar-refractivity contribution >= 4 is 47.1 Å². The van der Waals surface area contributed by atoms with E-state index in [2.05, 4.69) is 72.8 Å². The van der Waals surface area contributed by atoms with Gasteiger partial charge in [-0.1, -0.05) is 106 Å². The molecule has 2 unspecified atom stereocenters. The van der Waals surface area contributed by atoms with Crippen molar-refractivity contribution in [1.29, 1.82) is 0 Å². The van der Waals surface area contributed by atoms with E-state index in [4.69, 9.17) is 23.2 Å². The van der Waals surface area contributed by atoms with Crippen molar-refractivity contribution in [2.45, 2.75) is 21.6 Å². The van der Waals surface area contributed by atoms with E-state index in [0.717, 1.165) is 10.0 Å². The first kappa shape index (κ1) is 29.3. The second-order valence-electron chi connectivity index (χ2n) is 8.22. The average Bonchev–Trinajstić information content (AvgIpc) is 3.47. The fourth-order valence-corrected chi connectivity index (χ4v) is 6.33. The van der Waals surface area contributed by atoms with E-state index in [1.807, 2.05) is 36.4 Å². The minimum Gasteiger partial charge on any atom is -1.00 e. The maximum Gasteiger partial charge on any atom is 4.00 e. The van der Waals surface area contributed by atoms with Gasteiger partial charge in [0.1, 0.15) is 0 Å². The molecule has 0 aromatic heterocycles. The van der Waals surface area contributed by atoms with Crippen LogP contribution in [0.5, 0.6) is 0 Å². The summed E-state index contributed by atoms with van der Waals surface area (Å²) >= 11 is 14.4. The molecule has 0 spiro atoms. The largest absolute Gasteiger partial charge is 4.00 e. The van der Waals surface area contributed by atoms with Crippen LogP contribution in [0.15, 0.2) is 94.7 Å². The smallest absolute Gasteiger partial charge is 1.00 e. The molecular weight excluding hydrogens is 625 g/mol. The molecule has 2 atom stereocenters. The van der Waals surface area contributed by atoms with Crippen molar-refractivity contribution in [3.05, 3.63) is 141 Å². The van der Waals surface area contributed by atoms with Crippen LogP contribution in [0.4, 0.5) is 0 Å². The molecule has 0 fully saturated rings. The molecule has 6 heteroatoms. The first-order valence-electron chi connectivity index (χ1n) is 10.8. The molecule has 0 saturated heterocycles. The number of hydrogen-bond acceptors (Lipinski definition) is 1. The number of hydrogen-bond donors (Lipinski definition) is 0. The van der Waals surface area contributed by atoms with Gasteiger partial charge < -0.3 is 24.8 Å². The van der Waals surface area contributed by atoms with Crippen LogP contribution in [0.25, 0.3) is 12.2 Å². The number of benzene rings is 4. The van der Waals surface area contributed by atoms with Gasteiger partial charge in [-0.25, -0.2) is 12.2 Å². The molecular formula is C30H18Cl4SZr. The predicted molar refractivity (Wildman–Crippen MR) is 139 cm³/mol. The Hall–Kier alpha value is -1.25. The van der Waals surface area contributed by atoms with E-state index in [-0.39, 0.29) is 62.9 Å². The zero-order chi connectivity index (χ0) is 22.4. The number of rotatable bonds is 1. The summed E-state index contributed by atoms with van der Waals surface area (Å²) in [6.07, 6.45) is 10.9. The van der Waals surface area contributed by atoms with E-state index in [1.54, 1.807) is 11.8 Å². The third-order valence-corrected chi connectivity index (χ3v) is 7.77. The summed E-state index contributed by atoms with van der Waals surface area (Å²) in [5.74, 6) is 0.384. The average molecular weight is 644 g/mol. The quantitative estimate of drug-likeness (QED) is 0.288. The summed E-state index contributed by atoms with van der Waals surface area (Å²) in [6, 6.07) is 29.3. The van der Waals surface area contributed by atoms with Crippen LogP contribution >= 0.6 is 35.0 Å². The van der Waals surface area contributed by atoms with E-state index in [1.165, 1.54) is 43.2 Å². The van der Waals surface area contributed by atoms with Crippen molar-refractivity contribution in [2.24, 2.45) is 0 Å². The molecule has 4 aromatic rings. The van der Waals surface area contributed by atoms with Gasteiger partial charge in [0.15, 0.2) is 0 Å². The maximum atomic E-state index is 6.40. The van der Waals surface area contributed by atoms with Crippen molar-refractivity contribution < 1.29 is 51.0 Å². The van der Waals surface area contributed by atoms with Gasteiger partial charge in [-0.15, -0.1) is 23.3 Å². The summed E-state index contributed by atoms with van der Waals surface area (Å²) in [4.78, 5) is 2.47. The van der Waals surface area contributed by atoms with E-state index >= 15 is 0 Å². The fourth-order valence-electron chi connectivity index (χ4n) is 4.66. The predicted octanol–water partition coefficient (Wildman–Crippen LogP) is 3.07. The number of halogens is 4. The molecule has 8 rings (SSSR count). The zero-order valence-corrected chi connectivity index (χ0v) is 25.1. The van der Waals surface area contributed by atoms with E-state index in [0.29, 0.717) is 0 Å². The molecule has 36 heavy (non-hydrogen) atoms. The monoisotopic (exact) mass is 640 g/mol. The van der Waals surface area contributed by atoms with Crippen LogP contribution in [0.1, 0.15) is 45.2 Å². The molecule has 0 saturated carbocycles. The van der Waals surface area contributed by atoms with Gasteiger partial charge in [0.25, 0.3) is 0 Å². The van der Waals surface area contributed by atoms with Gasteiger partial charge in [-0.3, -0.25) is 12.2 Å². The Bertz CT molecular complexity index is 1430. The zero-order valence-electron chi connectivity index (χ0n) is 18.8. The van der Waals surface area contributed by atoms with E-state index in [9.17, 15) is 0 Å². The molecule has 176 valence electrons. The first-order chi connectivity index (χ1) is 16.2. The Labute approximate surface area is 258 Å². The van der Waals surface area contributed by atoms with Crippen LogP contribution < -0.4 is 24.8 Å². The maximum absolute atomic E-state index is 6.40. The topological polar surface area (TPSA) is 0 Å². The summed E-state index contributed by atoms with van der Waals surface area (Å²) < 4.78 is 0. The van der Waals surface area contributed by atoms with Crippen LogP contribution in [0.3, 0.4) is 0 Å². The molecule has 6 bridgehead atoms. The van der Waals surface area contributed by atoms with E-state index < -0.39 is 0 Å². The Morgan fingerprint density at radius 1 is 0.583 bits per heavy atom. The molecule has 2 heterocycles. The van der Waals surface area contributed by atoms with Gasteiger partial charge in [0.05, 0.1) is 0 Å². The summed E-state index contributed by atoms with van der Waals surface area (Å²) in [5, 5.41) is 1.69. The van der Waals surface area contributed by atoms with Gasteiger partial charge in [0.2, 0.25) is 0 Å². The Balaban J connectivity index is 0.000000185. The van der Waals surface area contributed by atoms with Crippen LogP contribution in [-0.2, 0) is 26.2 Å².